The molecular weight excluding hydrogens is 162 g/mol. The molecule has 0 heterocycles. The molecule has 66 valence electrons. The van der Waals surface area contributed by atoms with Gasteiger partial charge in [-0.15, -0.1) is 0 Å². The largest absolute Gasteiger partial charge is 0.327 e. The molecule has 0 bridgehead atoms. The van der Waals surface area contributed by atoms with E-state index in [2.05, 4.69) is 0 Å². The van der Waals surface area contributed by atoms with Gasteiger partial charge in [-0.3, -0.25) is 0 Å². The van der Waals surface area contributed by atoms with Gasteiger partial charge in [0.25, 0.3) is 0 Å². The third-order valence-electron chi connectivity index (χ3n) is 2.37. The lowest BCUT2D eigenvalue weighted by atomic mass is 10.3. The Balaban J connectivity index is 2.75. The van der Waals surface area contributed by atoms with Gasteiger partial charge in [0.1, 0.15) is 0 Å². The standard InChI is InChI=1S/C7H15NO2S/c1-2-11(9,10)7-5-3-4-6(7)8/h6-7H,2-5,8H2,1H3. The first-order valence-corrected chi connectivity index (χ1v) is 5.76. The van der Waals surface area contributed by atoms with Gasteiger partial charge < -0.3 is 5.73 Å². The number of hydrogen-bond donors (Lipinski definition) is 1. The lowest BCUT2D eigenvalue weighted by molar-refractivity contribution is 0.569. The van der Waals surface area contributed by atoms with Crippen LogP contribution in [0.15, 0.2) is 0 Å². The second-order valence-corrected chi connectivity index (χ2v) is 5.59. The minimum absolute atomic E-state index is 0.111. The van der Waals surface area contributed by atoms with Crippen molar-refractivity contribution in [2.24, 2.45) is 5.73 Å². The van der Waals surface area contributed by atoms with Crippen molar-refractivity contribution in [2.75, 3.05) is 5.75 Å². The highest BCUT2D eigenvalue weighted by atomic mass is 32.2. The second kappa shape index (κ2) is 3.11. The number of nitrogens with two attached hydrogens (primary N) is 1. The Morgan fingerprint density at radius 3 is 2.45 bits per heavy atom. The highest BCUT2D eigenvalue weighted by Crippen LogP contribution is 2.24. The maximum atomic E-state index is 11.3. The topological polar surface area (TPSA) is 60.2 Å². The highest BCUT2D eigenvalue weighted by molar-refractivity contribution is 7.92. The molecule has 2 N–H and O–H groups in total. The van der Waals surface area contributed by atoms with E-state index in [0.717, 1.165) is 19.3 Å². The quantitative estimate of drug-likeness (QED) is 0.660. The van der Waals surface area contributed by atoms with E-state index in [1.54, 1.807) is 6.92 Å². The fourth-order valence-electron chi connectivity index (χ4n) is 1.61. The summed E-state index contributed by atoms with van der Waals surface area (Å²) in [5, 5.41) is -0.257. The van der Waals surface area contributed by atoms with Crippen LogP contribution in [0.25, 0.3) is 0 Å². The van der Waals surface area contributed by atoms with Gasteiger partial charge in [-0.25, -0.2) is 8.42 Å². The van der Waals surface area contributed by atoms with E-state index < -0.39 is 9.84 Å². The maximum absolute atomic E-state index is 11.3. The summed E-state index contributed by atoms with van der Waals surface area (Å²) in [6.07, 6.45) is 2.59. The summed E-state index contributed by atoms with van der Waals surface area (Å²) in [6.45, 7) is 1.68. The van der Waals surface area contributed by atoms with Crippen LogP contribution < -0.4 is 5.73 Å². The molecule has 0 aliphatic heterocycles. The van der Waals surface area contributed by atoms with E-state index in [-0.39, 0.29) is 17.0 Å². The normalized spacial score (nSPS) is 32.5. The zero-order valence-electron chi connectivity index (χ0n) is 6.79. The predicted molar refractivity (Wildman–Crippen MR) is 45.1 cm³/mol. The van der Waals surface area contributed by atoms with E-state index in [4.69, 9.17) is 5.73 Å². The molecule has 0 radical (unpaired) electrons. The predicted octanol–water partition coefficient (Wildman–Crippen LogP) is 0.301. The van der Waals surface area contributed by atoms with Crippen LogP contribution in [0.2, 0.25) is 0 Å². The Bertz CT molecular complexity index is 223. The van der Waals surface area contributed by atoms with Crippen LogP contribution in [-0.2, 0) is 9.84 Å². The van der Waals surface area contributed by atoms with E-state index in [0.29, 0.717) is 0 Å². The second-order valence-electron chi connectivity index (χ2n) is 3.08. The van der Waals surface area contributed by atoms with Gasteiger partial charge in [-0.1, -0.05) is 13.3 Å². The third-order valence-corrected chi connectivity index (χ3v) is 4.68. The molecule has 0 amide bonds. The van der Waals surface area contributed by atoms with Crippen molar-refractivity contribution in [2.45, 2.75) is 37.5 Å². The molecule has 3 nitrogen and oxygen atoms in total. The first kappa shape index (κ1) is 9.00. The molecule has 4 heteroatoms. The monoisotopic (exact) mass is 177 g/mol. The first-order valence-electron chi connectivity index (χ1n) is 4.05. The zero-order valence-corrected chi connectivity index (χ0v) is 7.60. The molecule has 1 fully saturated rings. The lowest BCUT2D eigenvalue weighted by Crippen LogP contribution is -2.36. The fourth-order valence-corrected chi connectivity index (χ4v) is 3.24. The summed E-state index contributed by atoms with van der Waals surface area (Å²) in [5.74, 6) is 0.228. The molecule has 0 spiro atoms. The van der Waals surface area contributed by atoms with Gasteiger partial charge in [0, 0.05) is 11.8 Å². The average Bonchev–Trinajstić information content (AvgIpc) is 2.36. The van der Waals surface area contributed by atoms with Crippen LogP contribution in [0.4, 0.5) is 0 Å². The van der Waals surface area contributed by atoms with E-state index in [9.17, 15) is 8.42 Å². The average molecular weight is 177 g/mol. The summed E-state index contributed by atoms with van der Waals surface area (Å²) in [6, 6.07) is -0.111. The highest BCUT2D eigenvalue weighted by Gasteiger charge is 2.33. The van der Waals surface area contributed by atoms with Crippen molar-refractivity contribution >= 4 is 9.84 Å². The molecule has 11 heavy (non-hydrogen) atoms. The Kier molecular flexibility index (Phi) is 2.54. The minimum atomic E-state index is -2.87. The Hall–Kier alpha value is -0.0900. The smallest absolute Gasteiger partial charge is 0.154 e. The van der Waals surface area contributed by atoms with Crippen LogP contribution in [0.1, 0.15) is 26.2 Å². The summed E-state index contributed by atoms with van der Waals surface area (Å²) >= 11 is 0. The van der Waals surface area contributed by atoms with Crippen LogP contribution in [-0.4, -0.2) is 25.5 Å². The van der Waals surface area contributed by atoms with Crippen molar-refractivity contribution < 1.29 is 8.42 Å². The van der Waals surface area contributed by atoms with Crippen LogP contribution >= 0.6 is 0 Å². The third kappa shape index (κ3) is 1.73. The minimum Gasteiger partial charge on any atom is -0.327 e. The van der Waals surface area contributed by atoms with Crippen LogP contribution in [0.5, 0.6) is 0 Å². The van der Waals surface area contributed by atoms with E-state index in [1.165, 1.54) is 0 Å². The number of rotatable bonds is 2. The lowest BCUT2D eigenvalue weighted by Gasteiger charge is -2.14. The number of hydrogen-bond acceptors (Lipinski definition) is 3. The maximum Gasteiger partial charge on any atom is 0.154 e. The van der Waals surface area contributed by atoms with Crippen molar-refractivity contribution in [3.8, 4) is 0 Å². The molecule has 0 aromatic carbocycles. The molecule has 2 atom stereocenters. The van der Waals surface area contributed by atoms with Crippen LogP contribution in [0.3, 0.4) is 0 Å². The SMILES string of the molecule is CCS(=O)(=O)C1CCCC1N. The van der Waals surface area contributed by atoms with Crippen molar-refractivity contribution in [1.29, 1.82) is 0 Å². The summed E-state index contributed by atoms with van der Waals surface area (Å²) in [4.78, 5) is 0. The van der Waals surface area contributed by atoms with E-state index in [1.807, 2.05) is 0 Å². The van der Waals surface area contributed by atoms with Gasteiger partial charge >= 0.3 is 0 Å². The summed E-state index contributed by atoms with van der Waals surface area (Å²) < 4.78 is 22.7. The Morgan fingerprint density at radius 1 is 1.45 bits per heavy atom. The number of sulfone groups is 1. The Morgan fingerprint density at radius 2 is 2.09 bits per heavy atom. The molecule has 1 rings (SSSR count). The first-order chi connectivity index (χ1) is 5.08. The van der Waals surface area contributed by atoms with Gasteiger partial charge in [-0.05, 0) is 12.8 Å². The molecule has 1 saturated carbocycles. The summed E-state index contributed by atoms with van der Waals surface area (Å²) in [5.41, 5.74) is 5.66. The van der Waals surface area contributed by atoms with Crippen molar-refractivity contribution in [1.82, 2.24) is 0 Å². The molecule has 1 aliphatic rings. The zero-order chi connectivity index (χ0) is 8.48. The Labute approximate surface area is 67.9 Å². The molecule has 2 unspecified atom stereocenters. The molecular formula is C7H15NO2S. The van der Waals surface area contributed by atoms with Crippen molar-refractivity contribution in [3.63, 3.8) is 0 Å². The molecule has 0 saturated heterocycles. The van der Waals surface area contributed by atoms with Gasteiger partial charge in [-0.2, -0.15) is 0 Å². The van der Waals surface area contributed by atoms with Crippen LogP contribution in [0, 0.1) is 0 Å². The van der Waals surface area contributed by atoms with Gasteiger partial charge in [0.15, 0.2) is 9.84 Å². The van der Waals surface area contributed by atoms with E-state index >= 15 is 0 Å². The fraction of sp³-hybridized carbons (Fsp3) is 1.00. The molecule has 1 aliphatic carbocycles. The van der Waals surface area contributed by atoms with Gasteiger partial charge in [0.2, 0.25) is 0 Å². The summed E-state index contributed by atoms with van der Waals surface area (Å²) in [7, 11) is -2.87. The molecule has 0 aromatic heterocycles. The van der Waals surface area contributed by atoms with Gasteiger partial charge in [0.05, 0.1) is 5.25 Å². The van der Waals surface area contributed by atoms with Crippen molar-refractivity contribution in [3.05, 3.63) is 0 Å². The molecule has 0 aromatic rings.